The maximum atomic E-state index is 12.3. The van der Waals surface area contributed by atoms with Crippen molar-refractivity contribution in [2.45, 2.75) is 12.4 Å². The summed E-state index contributed by atoms with van der Waals surface area (Å²) in [4.78, 5) is 1.81. The van der Waals surface area contributed by atoms with Crippen molar-refractivity contribution in [3.63, 3.8) is 0 Å². The van der Waals surface area contributed by atoms with Crippen molar-refractivity contribution >= 4 is 0 Å². The Morgan fingerprint density at radius 1 is 1.33 bits per heavy atom. The third kappa shape index (κ3) is 4.52. The van der Waals surface area contributed by atoms with Crippen molar-refractivity contribution in [1.82, 2.24) is 10.3 Å². The molecule has 0 aromatic heterocycles. The second-order valence-electron chi connectivity index (χ2n) is 4.07. The molecule has 1 aromatic carbocycles. The summed E-state index contributed by atoms with van der Waals surface area (Å²) < 4.78 is 40.8. The fraction of sp³-hybridized carbons (Fsp3) is 0.455. The van der Waals surface area contributed by atoms with Crippen LogP contribution in [-0.4, -0.2) is 31.9 Å². The van der Waals surface area contributed by atoms with Crippen molar-refractivity contribution in [3.8, 4) is 5.75 Å². The van der Waals surface area contributed by atoms with E-state index in [0.717, 1.165) is 0 Å². The molecule has 0 aliphatic heterocycles. The van der Waals surface area contributed by atoms with Gasteiger partial charge in [-0.25, -0.2) is 0 Å². The summed E-state index contributed by atoms with van der Waals surface area (Å²) in [6.07, 6.45) is -4.71. The standard InChI is InChI=1S/C11H16F3N3O/c1-17(2)7-9(16-15)8-5-3-4-6-10(8)18-11(12,13)14/h3-6,9,16H,7,15H2,1-2H3. The van der Waals surface area contributed by atoms with Gasteiger partial charge < -0.3 is 9.64 Å². The Bertz CT molecular complexity index is 382. The van der Waals surface area contributed by atoms with Crippen LogP contribution in [0.1, 0.15) is 11.6 Å². The number of nitrogens with zero attached hydrogens (tertiary/aromatic N) is 1. The smallest absolute Gasteiger partial charge is 0.405 e. The number of benzene rings is 1. The highest BCUT2D eigenvalue weighted by atomic mass is 19.4. The lowest BCUT2D eigenvalue weighted by molar-refractivity contribution is -0.275. The predicted octanol–water partition coefficient (Wildman–Crippen LogP) is 1.65. The molecule has 0 aliphatic carbocycles. The molecule has 0 saturated heterocycles. The number of likely N-dealkylation sites (N-methyl/N-ethyl adjacent to an activating group) is 1. The summed E-state index contributed by atoms with van der Waals surface area (Å²) in [6.45, 7) is 0.453. The minimum Gasteiger partial charge on any atom is -0.405 e. The molecule has 0 saturated carbocycles. The third-order valence-electron chi connectivity index (χ3n) is 2.27. The first-order valence-corrected chi connectivity index (χ1v) is 5.29. The van der Waals surface area contributed by atoms with Crippen LogP contribution in [0.25, 0.3) is 0 Å². The summed E-state index contributed by atoms with van der Waals surface area (Å²) >= 11 is 0. The number of rotatable bonds is 5. The topological polar surface area (TPSA) is 50.5 Å². The quantitative estimate of drug-likeness (QED) is 0.626. The molecule has 0 bridgehead atoms. The zero-order chi connectivity index (χ0) is 13.8. The minimum atomic E-state index is -4.71. The van der Waals surface area contributed by atoms with Crippen molar-refractivity contribution in [1.29, 1.82) is 0 Å². The normalized spacial score (nSPS) is 13.7. The zero-order valence-corrected chi connectivity index (χ0v) is 10.2. The minimum absolute atomic E-state index is 0.241. The Hall–Kier alpha value is -1.31. The molecule has 0 spiro atoms. The average molecular weight is 263 g/mol. The Morgan fingerprint density at radius 2 is 1.94 bits per heavy atom. The number of ether oxygens (including phenoxy) is 1. The van der Waals surface area contributed by atoms with Gasteiger partial charge in [0.15, 0.2) is 0 Å². The second kappa shape index (κ2) is 6.03. The van der Waals surface area contributed by atoms with E-state index in [9.17, 15) is 13.2 Å². The van der Waals surface area contributed by atoms with Gasteiger partial charge >= 0.3 is 6.36 Å². The highest BCUT2D eigenvalue weighted by Crippen LogP contribution is 2.30. The molecule has 7 heteroatoms. The summed E-state index contributed by atoms with van der Waals surface area (Å²) in [6, 6.07) is 5.49. The maximum Gasteiger partial charge on any atom is 0.573 e. The average Bonchev–Trinajstić information content (AvgIpc) is 2.24. The van der Waals surface area contributed by atoms with Crippen molar-refractivity contribution in [3.05, 3.63) is 29.8 Å². The van der Waals surface area contributed by atoms with Gasteiger partial charge in [-0.2, -0.15) is 0 Å². The van der Waals surface area contributed by atoms with E-state index in [4.69, 9.17) is 5.84 Å². The lowest BCUT2D eigenvalue weighted by Crippen LogP contribution is -2.36. The molecule has 1 rings (SSSR count). The molecule has 4 nitrogen and oxygen atoms in total. The SMILES string of the molecule is CN(C)CC(NN)c1ccccc1OC(F)(F)F. The number of nitrogens with one attached hydrogen (secondary N) is 1. The molecule has 0 heterocycles. The molecule has 3 N–H and O–H groups in total. The molecule has 18 heavy (non-hydrogen) atoms. The Balaban J connectivity index is 2.99. The Kier molecular flexibility index (Phi) is 4.94. The highest BCUT2D eigenvalue weighted by Gasteiger charge is 2.32. The fourth-order valence-corrected chi connectivity index (χ4v) is 1.59. The van der Waals surface area contributed by atoms with Crippen LogP contribution < -0.4 is 16.0 Å². The molecule has 0 fully saturated rings. The van der Waals surface area contributed by atoms with Gasteiger partial charge in [0, 0.05) is 12.1 Å². The summed E-state index contributed by atoms with van der Waals surface area (Å²) in [7, 11) is 3.61. The van der Waals surface area contributed by atoms with E-state index in [1.165, 1.54) is 12.1 Å². The van der Waals surface area contributed by atoms with Gasteiger partial charge in [-0.3, -0.25) is 11.3 Å². The molecule has 0 radical (unpaired) electrons. The summed E-state index contributed by atoms with van der Waals surface area (Å²) in [5.41, 5.74) is 2.85. The van der Waals surface area contributed by atoms with Crippen LogP contribution in [0.5, 0.6) is 5.75 Å². The van der Waals surface area contributed by atoms with E-state index >= 15 is 0 Å². The number of alkyl halides is 3. The fourth-order valence-electron chi connectivity index (χ4n) is 1.59. The zero-order valence-electron chi connectivity index (χ0n) is 10.2. The van der Waals surface area contributed by atoms with E-state index < -0.39 is 12.4 Å². The molecule has 0 aliphatic rings. The van der Waals surface area contributed by atoms with Gasteiger partial charge in [0.25, 0.3) is 0 Å². The van der Waals surface area contributed by atoms with Crippen molar-refractivity contribution in [2.75, 3.05) is 20.6 Å². The van der Waals surface area contributed by atoms with Gasteiger partial charge in [-0.05, 0) is 20.2 Å². The van der Waals surface area contributed by atoms with Crippen molar-refractivity contribution < 1.29 is 17.9 Å². The second-order valence-corrected chi connectivity index (χ2v) is 4.07. The lowest BCUT2D eigenvalue weighted by Gasteiger charge is -2.23. The van der Waals surface area contributed by atoms with Gasteiger partial charge in [0.05, 0.1) is 6.04 Å². The summed E-state index contributed by atoms with van der Waals surface area (Å²) in [5, 5.41) is 0. The number of hydrazine groups is 1. The molecule has 1 atom stereocenters. The number of hydrogen-bond donors (Lipinski definition) is 2. The largest absolute Gasteiger partial charge is 0.573 e. The number of nitrogens with two attached hydrogens (primary N) is 1. The predicted molar refractivity (Wildman–Crippen MR) is 61.7 cm³/mol. The maximum absolute atomic E-state index is 12.3. The van der Waals surface area contributed by atoms with Crippen LogP contribution in [0.15, 0.2) is 24.3 Å². The first-order chi connectivity index (χ1) is 8.33. The van der Waals surface area contributed by atoms with E-state index in [1.54, 1.807) is 26.2 Å². The van der Waals surface area contributed by atoms with E-state index in [1.807, 2.05) is 4.90 Å². The molecule has 0 amide bonds. The van der Waals surface area contributed by atoms with Crippen LogP contribution in [0, 0.1) is 0 Å². The van der Waals surface area contributed by atoms with Crippen LogP contribution in [0.3, 0.4) is 0 Å². The van der Waals surface area contributed by atoms with Gasteiger partial charge in [-0.15, -0.1) is 13.2 Å². The van der Waals surface area contributed by atoms with E-state index in [-0.39, 0.29) is 5.75 Å². The van der Waals surface area contributed by atoms with E-state index in [2.05, 4.69) is 10.2 Å². The van der Waals surface area contributed by atoms with Gasteiger partial charge in [0.1, 0.15) is 5.75 Å². The molecule has 1 aromatic rings. The number of para-hydroxylation sites is 1. The van der Waals surface area contributed by atoms with Crippen LogP contribution >= 0.6 is 0 Å². The van der Waals surface area contributed by atoms with Crippen molar-refractivity contribution in [2.24, 2.45) is 5.84 Å². The van der Waals surface area contributed by atoms with Crippen LogP contribution in [-0.2, 0) is 0 Å². The van der Waals surface area contributed by atoms with Crippen LogP contribution in [0.2, 0.25) is 0 Å². The lowest BCUT2D eigenvalue weighted by atomic mass is 10.1. The molecule has 102 valence electrons. The van der Waals surface area contributed by atoms with E-state index in [0.29, 0.717) is 12.1 Å². The Labute approximate surface area is 103 Å². The first kappa shape index (κ1) is 14.7. The summed E-state index contributed by atoms with van der Waals surface area (Å²) in [5.74, 6) is 5.13. The number of hydrogen-bond acceptors (Lipinski definition) is 4. The molecular weight excluding hydrogens is 247 g/mol. The van der Waals surface area contributed by atoms with Crippen LogP contribution in [0.4, 0.5) is 13.2 Å². The third-order valence-corrected chi connectivity index (χ3v) is 2.27. The Morgan fingerprint density at radius 3 is 2.44 bits per heavy atom. The number of halogens is 3. The first-order valence-electron chi connectivity index (χ1n) is 5.29. The highest BCUT2D eigenvalue weighted by molar-refractivity contribution is 5.36. The van der Waals surface area contributed by atoms with Gasteiger partial charge in [-0.1, -0.05) is 18.2 Å². The molecule has 1 unspecified atom stereocenters. The molecular formula is C11H16F3N3O. The monoisotopic (exact) mass is 263 g/mol. The van der Waals surface area contributed by atoms with Gasteiger partial charge in [0.2, 0.25) is 0 Å².